The lowest BCUT2D eigenvalue weighted by atomic mass is 9.95. The molecule has 4 aromatic carbocycles. The first-order valence-corrected chi connectivity index (χ1v) is 39.1. The van der Waals surface area contributed by atoms with E-state index in [9.17, 15) is 4.39 Å². The highest BCUT2D eigenvalue weighted by Gasteiger charge is 2.33. The summed E-state index contributed by atoms with van der Waals surface area (Å²) in [4.78, 5) is 8.30. The summed E-state index contributed by atoms with van der Waals surface area (Å²) in [6, 6.07) is 26.7. The van der Waals surface area contributed by atoms with Gasteiger partial charge in [0.1, 0.15) is 11.0 Å². The van der Waals surface area contributed by atoms with Crippen molar-refractivity contribution in [3.63, 3.8) is 0 Å². The van der Waals surface area contributed by atoms with Gasteiger partial charge in [-0.05, 0) is 116 Å². The molecule has 11 aromatic rings. The second-order valence-electron chi connectivity index (χ2n) is 24.8. The Labute approximate surface area is 566 Å². The van der Waals surface area contributed by atoms with E-state index in [4.69, 9.17) is 8.75 Å². The van der Waals surface area contributed by atoms with E-state index in [0.717, 1.165) is 214 Å². The number of hydrogen-bond acceptors (Lipinski definition) is 9. The second kappa shape index (κ2) is 31.7. The Morgan fingerprint density at radius 3 is 1.26 bits per heavy atom. The van der Waals surface area contributed by atoms with Crippen molar-refractivity contribution in [2.24, 2.45) is 11.8 Å². The lowest BCUT2D eigenvalue weighted by Gasteiger charge is -2.13. The molecule has 7 heterocycles. The molecule has 0 radical (unpaired) electrons. The Kier molecular flexibility index (Phi) is 23.5. The monoisotopic (exact) mass is 1380 g/mol. The second-order valence-corrected chi connectivity index (χ2v) is 31.9. The van der Waals surface area contributed by atoms with Crippen molar-refractivity contribution >= 4 is 111 Å². The normalized spacial score (nSPS) is 12.7. The highest BCUT2D eigenvalue weighted by atomic mass is 32.1. The molecule has 0 fully saturated rings. The summed E-state index contributed by atoms with van der Waals surface area (Å²) in [7, 11) is 0. The first-order chi connectivity index (χ1) is 44.8. The van der Waals surface area contributed by atoms with E-state index in [1.807, 2.05) is 30.3 Å². The Morgan fingerprint density at radius 2 is 0.772 bits per heavy atom. The van der Waals surface area contributed by atoms with Gasteiger partial charge in [-0.25, -0.2) is 30.7 Å². The van der Waals surface area contributed by atoms with E-state index < -0.39 is 46.3 Å². The summed E-state index contributed by atoms with van der Waals surface area (Å²) >= 11 is 9.89. The van der Waals surface area contributed by atoms with Crippen molar-refractivity contribution in [2.45, 2.75) is 196 Å². The van der Waals surface area contributed by atoms with Crippen LogP contribution in [0.5, 0.6) is 0 Å². The van der Waals surface area contributed by atoms with E-state index in [0.29, 0.717) is 49.1 Å². The van der Waals surface area contributed by atoms with Gasteiger partial charge in [0.15, 0.2) is 34.9 Å². The molecule has 7 aromatic heterocycles. The van der Waals surface area contributed by atoms with Crippen LogP contribution in [0.15, 0.2) is 78.9 Å². The molecule has 2 nitrogen and oxygen atoms in total. The van der Waals surface area contributed by atoms with Gasteiger partial charge in [-0.15, -0.1) is 68.0 Å². The van der Waals surface area contributed by atoms with E-state index in [1.54, 1.807) is 40.1 Å². The lowest BCUT2D eigenvalue weighted by Crippen LogP contribution is -2.03. The van der Waals surface area contributed by atoms with Crippen molar-refractivity contribution < 1.29 is 30.7 Å². The molecule has 0 aliphatic heterocycles. The van der Waals surface area contributed by atoms with Crippen molar-refractivity contribution in [1.82, 2.24) is 8.75 Å². The van der Waals surface area contributed by atoms with Crippen LogP contribution in [0.25, 0.3) is 104 Å². The fourth-order valence-electron chi connectivity index (χ4n) is 13.1. The Morgan fingerprint density at radius 1 is 0.359 bits per heavy atom. The fraction of sp³-hybridized carbons (Fsp3) is 0.421. The van der Waals surface area contributed by atoms with Crippen LogP contribution in [0, 0.1) is 52.6 Å². The smallest absolute Gasteiger partial charge is 0.200 e. The lowest BCUT2D eigenvalue weighted by molar-refractivity contribution is 0.381. The minimum absolute atomic E-state index is 0.0606. The number of unbranched alkanes of at least 4 members (excludes halogenated alkanes) is 12. The molecular formula is C76H81F7N2S7. The number of rotatable bonds is 33. The zero-order chi connectivity index (χ0) is 64.6. The van der Waals surface area contributed by atoms with Crippen LogP contribution < -0.4 is 0 Å². The maximum atomic E-state index is 17.8. The maximum absolute atomic E-state index is 17.8. The largest absolute Gasteiger partial charge is 0.203 e. The Bertz CT molecular complexity index is 4150. The molecule has 0 bridgehead atoms. The van der Waals surface area contributed by atoms with Crippen LogP contribution in [0.3, 0.4) is 0 Å². The van der Waals surface area contributed by atoms with Gasteiger partial charge in [0.05, 0.1) is 28.4 Å². The van der Waals surface area contributed by atoms with Crippen molar-refractivity contribution in [3.05, 3.63) is 140 Å². The minimum atomic E-state index is -2.20. The van der Waals surface area contributed by atoms with Gasteiger partial charge in [-0.1, -0.05) is 187 Å². The van der Waals surface area contributed by atoms with Gasteiger partial charge in [0.2, 0.25) is 5.82 Å². The van der Waals surface area contributed by atoms with Gasteiger partial charge < -0.3 is 0 Å². The van der Waals surface area contributed by atoms with Gasteiger partial charge in [0, 0.05) is 80.1 Å². The third-order valence-corrected chi connectivity index (χ3v) is 26.1. The summed E-state index contributed by atoms with van der Waals surface area (Å²) in [5.41, 5.74) is 4.77. The van der Waals surface area contributed by atoms with Gasteiger partial charge in [-0.3, -0.25) is 0 Å². The van der Waals surface area contributed by atoms with Crippen molar-refractivity contribution in [2.75, 3.05) is 0 Å². The number of thiophene rings is 6. The van der Waals surface area contributed by atoms with Crippen LogP contribution in [-0.2, 0) is 25.7 Å². The van der Waals surface area contributed by atoms with Gasteiger partial charge >= 0.3 is 0 Å². The topological polar surface area (TPSA) is 25.8 Å². The molecule has 0 aliphatic carbocycles. The van der Waals surface area contributed by atoms with E-state index >= 15 is 26.3 Å². The summed E-state index contributed by atoms with van der Waals surface area (Å²) in [5.74, 6) is -10.9. The summed E-state index contributed by atoms with van der Waals surface area (Å²) in [6.07, 6.45) is 25.3. The number of aryl methyl sites for hydroxylation is 2. The average molecular weight is 1380 g/mol. The van der Waals surface area contributed by atoms with Crippen LogP contribution in [-0.4, -0.2) is 8.75 Å². The molecule has 0 saturated carbocycles. The number of aromatic nitrogens is 2. The average Bonchev–Trinajstić information content (AvgIpc) is 1.55. The molecule has 92 heavy (non-hydrogen) atoms. The molecule has 486 valence electrons. The van der Waals surface area contributed by atoms with E-state index in [1.165, 1.54) is 51.7 Å². The molecule has 16 heteroatoms. The number of hydrogen-bond donors (Lipinski definition) is 0. The van der Waals surface area contributed by atoms with E-state index in [2.05, 4.69) is 84.0 Å². The van der Waals surface area contributed by atoms with Crippen LogP contribution >= 0.6 is 79.7 Å². The summed E-state index contributed by atoms with van der Waals surface area (Å²) < 4.78 is 124. The molecule has 0 aliphatic rings. The number of nitrogens with zero attached hydrogens (tertiary/aromatic N) is 2. The predicted molar refractivity (Wildman–Crippen MR) is 386 cm³/mol. The number of fused-ring (bicyclic) bond motifs is 3. The molecule has 0 amide bonds. The first-order valence-electron chi connectivity index (χ1n) is 33.5. The SMILES string of the molecule is CCCCCCCCc1cc(-c2c(F)c(F)c(-c3cc(CCCCCCCC)c(-c4cc5c(-c6ccc(CC(CC)CCCC)s6)c6sc(-c7c(F)c(F)c(F)c(F)c7F)cc6c(-c6ccc(CC(CC)CCCC)s6)c5s4)s3)c3nsnc23)sc1-c1ccccc1. The molecule has 2 atom stereocenters. The van der Waals surface area contributed by atoms with Gasteiger partial charge in [0.25, 0.3) is 0 Å². The molecular weight excluding hydrogens is 1300 g/mol. The number of benzene rings is 4. The molecule has 2 unspecified atom stereocenters. The Balaban J connectivity index is 1.11. The fourth-order valence-corrected chi connectivity index (χ4v) is 21.3. The minimum Gasteiger partial charge on any atom is -0.203 e. The van der Waals surface area contributed by atoms with Crippen molar-refractivity contribution in [3.8, 4) is 72.4 Å². The molecule has 11 rings (SSSR count). The predicted octanol–water partition coefficient (Wildman–Crippen LogP) is 28.3. The highest BCUT2D eigenvalue weighted by molar-refractivity contribution is 7.29. The van der Waals surface area contributed by atoms with Gasteiger partial charge in [-0.2, -0.15) is 8.75 Å². The maximum Gasteiger partial charge on any atom is 0.200 e. The third-order valence-electron chi connectivity index (χ3n) is 18.4. The molecule has 0 N–H and O–H groups in total. The quantitative estimate of drug-likeness (QED) is 0.0177. The Hall–Kier alpha value is -5.07. The van der Waals surface area contributed by atoms with Crippen molar-refractivity contribution in [1.29, 1.82) is 0 Å². The zero-order valence-corrected chi connectivity index (χ0v) is 59.2. The number of halogens is 7. The highest BCUT2D eigenvalue weighted by Crippen LogP contribution is 2.57. The third kappa shape index (κ3) is 14.5. The van der Waals surface area contributed by atoms with E-state index in [-0.39, 0.29) is 16.0 Å². The van der Waals surface area contributed by atoms with Crippen LogP contribution in [0.4, 0.5) is 30.7 Å². The molecule has 0 saturated heterocycles. The first kappa shape index (κ1) is 68.3. The summed E-state index contributed by atoms with van der Waals surface area (Å²) in [6.45, 7) is 13.3. The standard InChI is InChI=1S/C76H81F7N2S7/c1-7-13-17-19-21-24-32-47-40-55(88-73(47)46-30-26-23-27-31-46)62-66(79)67(80)63(72-71(62)84-92-85-72)56-41-48(33-25-22-20-18-14-8-2)74(89-56)58-43-52-60(54-37-35-50(87-54)39-45(12-6)29-16-10-4)75-51(42-57(90-75)61-64(77)68(81)70(83)69(82)65(61)78)59(76(52)91-58)53-36-34-49(86-53)38-44(11-5)28-15-9-3/h23,26-27,30-31,34-37,40-45H,7-22,24-25,28-29,32-33,38-39H2,1-6H3. The zero-order valence-electron chi connectivity index (χ0n) is 53.5. The summed E-state index contributed by atoms with van der Waals surface area (Å²) in [5, 5.41) is 1.55. The molecule has 0 spiro atoms. The van der Waals surface area contributed by atoms with Crippen LogP contribution in [0.2, 0.25) is 0 Å². The van der Waals surface area contributed by atoms with Crippen LogP contribution in [0.1, 0.15) is 191 Å².